The average molecular weight is 346 g/mol. The van der Waals surface area contributed by atoms with Gasteiger partial charge in [0.2, 0.25) is 0 Å². The Hall–Kier alpha value is -1.46. The lowest BCUT2D eigenvalue weighted by molar-refractivity contribution is -0.0377. The minimum absolute atomic E-state index is 0.00376. The SMILES string of the molecule is Cc1cc2sc(C(=O)NC3C4CCN(CC4)C3(C)C)cc2cc1F. The van der Waals surface area contributed by atoms with Crippen LogP contribution in [0.25, 0.3) is 10.1 Å². The highest BCUT2D eigenvalue weighted by Crippen LogP contribution is 2.39. The number of nitrogens with zero attached hydrogens (tertiary/aromatic N) is 1. The minimum atomic E-state index is -0.217. The number of halogens is 1. The lowest BCUT2D eigenvalue weighted by Gasteiger charge is -2.56. The van der Waals surface area contributed by atoms with E-state index in [1.165, 1.54) is 17.4 Å². The van der Waals surface area contributed by atoms with Crippen LogP contribution in [0.2, 0.25) is 0 Å². The van der Waals surface area contributed by atoms with Crippen LogP contribution in [0.3, 0.4) is 0 Å². The molecule has 2 aromatic rings. The van der Waals surface area contributed by atoms with Crippen LogP contribution in [0.1, 0.15) is 41.9 Å². The Balaban J connectivity index is 1.60. The summed E-state index contributed by atoms with van der Waals surface area (Å²) in [6.07, 6.45) is 2.32. The van der Waals surface area contributed by atoms with E-state index in [0.717, 1.165) is 36.0 Å². The van der Waals surface area contributed by atoms with E-state index in [2.05, 4.69) is 24.1 Å². The van der Waals surface area contributed by atoms with Crippen molar-refractivity contribution in [3.05, 3.63) is 34.5 Å². The second kappa shape index (κ2) is 5.53. The quantitative estimate of drug-likeness (QED) is 0.893. The normalized spacial score (nSPS) is 28.2. The van der Waals surface area contributed by atoms with Gasteiger partial charge in [0.05, 0.1) is 4.88 Å². The molecule has 1 N–H and O–H groups in total. The van der Waals surface area contributed by atoms with Crippen LogP contribution in [-0.2, 0) is 0 Å². The second-order valence-electron chi connectivity index (χ2n) is 7.68. The first-order valence-corrected chi connectivity index (χ1v) is 9.43. The van der Waals surface area contributed by atoms with Crippen molar-refractivity contribution >= 4 is 27.3 Å². The molecular weight excluding hydrogens is 323 g/mol. The maximum atomic E-state index is 13.7. The maximum Gasteiger partial charge on any atom is 0.261 e. The maximum absolute atomic E-state index is 13.7. The largest absolute Gasteiger partial charge is 0.346 e. The standard InChI is InChI=1S/C19H23FN2OS/c1-11-8-15-13(9-14(11)20)10-16(24-15)18(23)21-17-12-4-6-22(7-5-12)19(17,2)3/h8-10,12,17H,4-7H2,1-3H3,(H,21,23). The van der Waals surface area contributed by atoms with Crippen LogP contribution in [0, 0.1) is 18.7 Å². The number of aryl methyl sites for hydroxylation is 1. The Bertz CT molecular complexity index is 766. The number of benzene rings is 1. The van der Waals surface area contributed by atoms with Gasteiger partial charge in [-0.1, -0.05) is 0 Å². The van der Waals surface area contributed by atoms with Gasteiger partial charge >= 0.3 is 0 Å². The van der Waals surface area contributed by atoms with Gasteiger partial charge in [0.15, 0.2) is 0 Å². The summed E-state index contributed by atoms with van der Waals surface area (Å²) in [7, 11) is 0. The van der Waals surface area contributed by atoms with E-state index in [1.807, 2.05) is 12.1 Å². The van der Waals surface area contributed by atoms with Gasteiger partial charge in [0.25, 0.3) is 5.91 Å². The predicted octanol–water partition coefficient (Wildman–Crippen LogP) is 3.95. The molecule has 3 aliphatic heterocycles. The molecule has 0 radical (unpaired) electrons. The van der Waals surface area contributed by atoms with Gasteiger partial charge in [0.1, 0.15) is 5.82 Å². The number of rotatable bonds is 2. The molecule has 3 aliphatic rings. The van der Waals surface area contributed by atoms with E-state index in [0.29, 0.717) is 16.4 Å². The lowest BCUT2D eigenvalue weighted by atomic mass is 9.72. The van der Waals surface area contributed by atoms with Crippen molar-refractivity contribution in [3.63, 3.8) is 0 Å². The van der Waals surface area contributed by atoms with Gasteiger partial charge in [0, 0.05) is 16.3 Å². The molecule has 1 aromatic carbocycles. The Morgan fingerprint density at radius 3 is 2.67 bits per heavy atom. The molecule has 0 saturated carbocycles. The van der Waals surface area contributed by atoms with Crippen molar-refractivity contribution in [2.45, 2.75) is 45.2 Å². The third kappa shape index (κ3) is 2.45. The fourth-order valence-electron chi connectivity index (χ4n) is 4.36. The molecule has 2 bridgehead atoms. The molecule has 24 heavy (non-hydrogen) atoms. The first-order valence-electron chi connectivity index (χ1n) is 8.62. The van der Waals surface area contributed by atoms with Crippen LogP contribution >= 0.6 is 11.3 Å². The smallest absolute Gasteiger partial charge is 0.261 e. The zero-order valence-electron chi connectivity index (χ0n) is 14.4. The highest BCUT2D eigenvalue weighted by atomic mass is 32.1. The summed E-state index contributed by atoms with van der Waals surface area (Å²) < 4.78 is 14.7. The zero-order valence-corrected chi connectivity index (χ0v) is 15.2. The molecule has 1 atom stereocenters. The number of amides is 1. The Kier molecular flexibility index (Phi) is 3.69. The number of thiophene rings is 1. The van der Waals surface area contributed by atoms with Crippen LogP contribution in [0.5, 0.6) is 0 Å². The zero-order chi connectivity index (χ0) is 17.1. The van der Waals surface area contributed by atoms with E-state index in [4.69, 9.17) is 0 Å². The summed E-state index contributed by atoms with van der Waals surface area (Å²) >= 11 is 1.44. The molecule has 0 aliphatic carbocycles. The summed E-state index contributed by atoms with van der Waals surface area (Å²) in [5.41, 5.74) is 0.616. The van der Waals surface area contributed by atoms with Crippen molar-refractivity contribution in [2.75, 3.05) is 13.1 Å². The topological polar surface area (TPSA) is 32.3 Å². The van der Waals surface area contributed by atoms with Gasteiger partial charge in [-0.25, -0.2) is 4.39 Å². The molecule has 1 unspecified atom stereocenters. The number of hydrogen-bond donors (Lipinski definition) is 1. The summed E-state index contributed by atoms with van der Waals surface area (Å²) in [4.78, 5) is 16.0. The lowest BCUT2D eigenvalue weighted by Crippen LogP contribution is -2.69. The molecule has 1 amide bonds. The molecule has 3 saturated heterocycles. The van der Waals surface area contributed by atoms with Gasteiger partial charge in [-0.3, -0.25) is 9.69 Å². The predicted molar refractivity (Wildman–Crippen MR) is 96.2 cm³/mol. The molecule has 5 rings (SSSR count). The van der Waals surface area contributed by atoms with Gasteiger partial charge in [-0.2, -0.15) is 0 Å². The van der Waals surface area contributed by atoms with Crippen molar-refractivity contribution in [3.8, 4) is 0 Å². The van der Waals surface area contributed by atoms with Gasteiger partial charge in [-0.05, 0) is 81.8 Å². The van der Waals surface area contributed by atoms with Crippen molar-refractivity contribution in [1.29, 1.82) is 0 Å². The van der Waals surface area contributed by atoms with E-state index in [9.17, 15) is 9.18 Å². The van der Waals surface area contributed by atoms with Crippen molar-refractivity contribution < 1.29 is 9.18 Å². The highest BCUT2D eigenvalue weighted by molar-refractivity contribution is 7.20. The first kappa shape index (κ1) is 16.0. The molecule has 3 fully saturated rings. The molecule has 0 spiro atoms. The third-order valence-electron chi connectivity index (χ3n) is 5.90. The van der Waals surface area contributed by atoms with Crippen LogP contribution in [0.4, 0.5) is 4.39 Å². The van der Waals surface area contributed by atoms with E-state index in [-0.39, 0.29) is 23.3 Å². The summed E-state index contributed by atoms with van der Waals surface area (Å²) in [5.74, 6) is 0.315. The Morgan fingerprint density at radius 2 is 2.00 bits per heavy atom. The number of fused-ring (bicyclic) bond motifs is 4. The number of carbonyl (C=O) groups excluding carboxylic acids is 1. The fraction of sp³-hybridized carbons (Fsp3) is 0.526. The van der Waals surface area contributed by atoms with Crippen molar-refractivity contribution in [1.82, 2.24) is 10.2 Å². The average Bonchev–Trinajstić information content (AvgIpc) is 2.94. The minimum Gasteiger partial charge on any atom is -0.346 e. The van der Waals surface area contributed by atoms with Crippen LogP contribution in [-0.4, -0.2) is 35.5 Å². The molecule has 4 heterocycles. The summed E-state index contributed by atoms with van der Waals surface area (Å²) in [6, 6.07) is 5.34. The van der Waals surface area contributed by atoms with Crippen LogP contribution in [0.15, 0.2) is 18.2 Å². The monoisotopic (exact) mass is 346 g/mol. The number of carbonyl (C=O) groups is 1. The Labute approximate surface area is 145 Å². The van der Waals surface area contributed by atoms with E-state index < -0.39 is 0 Å². The van der Waals surface area contributed by atoms with Crippen molar-refractivity contribution in [2.24, 2.45) is 5.92 Å². The Morgan fingerprint density at radius 1 is 1.29 bits per heavy atom. The molecule has 3 nitrogen and oxygen atoms in total. The van der Waals surface area contributed by atoms with E-state index in [1.54, 1.807) is 6.92 Å². The molecule has 1 aromatic heterocycles. The van der Waals surface area contributed by atoms with E-state index >= 15 is 0 Å². The molecule has 5 heteroatoms. The molecular formula is C19H23FN2OS. The number of hydrogen-bond acceptors (Lipinski definition) is 3. The highest BCUT2D eigenvalue weighted by Gasteiger charge is 2.48. The number of piperidine rings is 3. The summed E-state index contributed by atoms with van der Waals surface area (Å²) in [5, 5.41) is 4.09. The first-order chi connectivity index (χ1) is 11.4. The van der Waals surface area contributed by atoms with Crippen LogP contribution < -0.4 is 5.32 Å². The fourth-order valence-corrected chi connectivity index (χ4v) is 5.41. The number of nitrogens with one attached hydrogen (secondary N) is 1. The van der Waals surface area contributed by atoms with Gasteiger partial charge < -0.3 is 5.32 Å². The third-order valence-corrected chi connectivity index (χ3v) is 6.99. The van der Waals surface area contributed by atoms with Gasteiger partial charge in [-0.15, -0.1) is 11.3 Å². The molecule has 128 valence electrons. The summed E-state index contributed by atoms with van der Waals surface area (Å²) in [6.45, 7) is 8.47. The second-order valence-corrected chi connectivity index (χ2v) is 8.76.